The molecular formula is C4H10Cl2O8P2. The summed E-state index contributed by atoms with van der Waals surface area (Å²) in [6.45, 7) is -0.292. The van der Waals surface area contributed by atoms with E-state index in [0.29, 0.717) is 0 Å². The fraction of sp³-hybridized carbons (Fsp3) is 1.00. The summed E-state index contributed by atoms with van der Waals surface area (Å²) >= 11 is 10.8. The topological polar surface area (TPSA) is 134 Å². The number of alkyl halides is 2. The number of halogens is 2. The van der Waals surface area contributed by atoms with E-state index in [2.05, 4.69) is 8.83 Å². The van der Waals surface area contributed by atoms with Gasteiger partial charge in [-0.2, -0.15) is 4.31 Å². The van der Waals surface area contributed by atoms with Gasteiger partial charge in [-0.1, -0.05) is 23.2 Å². The molecule has 0 saturated carbocycles. The Morgan fingerprint density at radius 1 is 1.19 bits per heavy atom. The van der Waals surface area contributed by atoms with Crippen LogP contribution in [0, 0.1) is 0 Å². The van der Waals surface area contributed by atoms with Crippen molar-refractivity contribution >= 4 is 38.8 Å². The predicted molar refractivity (Wildman–Crippen MR) is 54.8 cm³/mol. The largest absolute Gasteiger partial charge is 0.483 e. The lowest BCUT2D eigenvalue weighted by Gasteiger charge is -2.22. The average molecular weight is 319 g/mol. The second-order valence-corrected chi connectivity index (χ2v) is 6.77. The van der Waals surface area contributed by atoms with Gasteiger partial charge in [0.1, 0.15) is 0 Å². The monoisotopic (exact) mass is 318 g/mol. The van der Waals surface area contributed by atoms with E-state index in [1.807, 2.05) is 0 Å². The van der Waals surface area contributed by atoms with Crippen molar-refractivity contribution in [3.05, 3.63) is 0 Å². The van der Waals surface area contributed by atoms with Gasteiger partial charge in [0.2, 0.25) is 4.52 Å². The molecule has 12 heteroatoms. The summed E-state index contributed by atoms with van der Waals surface area (Å²) in [5.41, 5.74) is 0. The van der Waals surface area contributed by atoms with Crippen molar-refractivity contribution in [2.45, 2.75) is 17.4 Å². The van der Waals surface area contributed by atoms with E-state index >= 15 is 0 Å². The number of rotatable bonds is 7. The fourth-order valence-electron chi connectivity index (χ4n) is 0.650. The first-order valence-corrected chi connectivity index (χ1v) is 7.55. The third-order valence-corrected chi connectivity index (χ3v) is 4.05. The minimum atomic E-state index is -5.20. The first-order chi connectivity index (χ1) is 6.97. The Morgan fingerprint density at radius 3 is 2.06 bits per heavy atom. The standard InChI is InChI=1S/C4H10Cl2O8P2/c5-4(6,2-1-3-7)13-16(11,12)14-15(8,9)10/h7H,1-3H2,(H,11,12)(H2,8,9,10). The molecule has 0 heterocycles. The lowest BCUT2D eigenvalue weighted by Crippen LogP contribution is -2.17. The van der Waals surface area contributed by atoms with Crippen molar-refractivity contribution in [3.63, 3.8) is 0 Å². The molecule has 0 fully saturated rings. The molecule has 0 spiro atoms. The smallest absolute Gasteiger partial charge is 0.396 e. The molecule has 0 amide bonds. The van der Waals surface area contributed by atoms with E-state index < -0.39 is 20.2 Å². The summed E-state index contributed by atoms with van der Waals surface area (Å²) in [7, 11) is -10.3. The highest BCUT2D eigenvalue weighted by atomic mass is 35.5. The van der Waals surface area contributed by atoms with Gasteiger partial charge in [0.25, 0.3) is 0 Å². The van der Waals surface area contributed by atoms with Gasteiger partial charge in [-0.25, -0.2) is 13.7 Å². The molecule has 0 radical (unpaired) electrons. The van der Waals surface area contributed by atoms with Crippen molar-refractivity contribution in [1.82, 2.24) is 0 Å². The van der Waals surface area contributed by atoms with E-state index in [1.165, 1.54) is 0 Å². The Bertz CT molecular complexity index is 313. The lowest BCUT2D eigenvalue weighted by atomic mass is 10.3. The minimum absolute atomic E-state index is 0.0584. The first-order valence-electron chi connectivity index (χ1n) is 3.76. The molecular weight excluding hydrogens is 309 g/mol. The van der Waals surface area contributed by atoms with Crippen LogP contribution in [0.5, 0.6) is 0 Å². The molecule has 0 aliphatic heterocycles. The van der Waals surface area contributed by atoms with E-state index in [4.69, 9.17) is 43.0 Å². The summed E-state index contributed by atoms with van der Waals surface area (Å²) in [5.74, 6) is 0. The third-order valence-electron chi connectivity index (χ3n) is 1.08. The number of aliphatic hydroxyl groups is 1. The zero-order valence-corrected chi connectivity index (χ0v) is 11.0. The van der Waals surface area contributed by atoms with Crippen LogP contribution >= 0.6 is 38.8 Å². The molecule has 0 aromatic heterocycles. The number of phosphoric ester groups is 1. The third kappa shape index (κ3) is 8.90. The molecule has 0 saturated heterocycles. The van der Waals surface area contributed by atoms with Gasteiger partial charge in [-0.3, -0.25) is 0 Å². The Kier molecular flexibility index (Phi) is 6.42. The highest BCUT2D eigenvalue weighted by Gasteiger charge is 2.40. The van der Waals surface area contributed by atoms with Crippen molar-refractivity contribution in [2.75, 3.05) is 6.61 Å². The van der Waals surface area contributed by atoms with Crippen LogP contribution in [0.2, 0.25) is 0 Å². The summed E-state index contributed by atoms with van der Waals surface area (Å²) in [6.07, 6.45) is -0.176. The Hall–Kier alpha value is 0.800. The van der Waals surface area contributed by atoms with Gasteiger partial charge in [0, 0.05) is 13.0 Å². The molecule has 0 aliphatic carbocycles. The lowest BCUT2D eigenvalue weighted by molar-refractivity contribution is 0.134. The Morgan fingerprint density at radius 2 is 1.69 bits per heavy atom. The van der Waals surface area contributed by atoms with Crippen molar-refractivity contribution in [1.29, 1.82) is 0 Å². The Balaban J connectivity index is 4.46. The van der Waals surface area contributed by atoms with E-state index in [1.54, 1.807) is 0 Å². The minimum Gasteiger partial charge on any atom is -0.396 e. The maximum atomic E-state index is 11.0. The molecule has 1 atom stereocenters. The van der Waals surface area contributed by atoms with Gasteiger partial charge in [-0.15, -0.1) is 0 Å². The summed E-state index contributed by atoms with van der Waals surface area (Å²) in [5, 5.41) is 8.45. The zero-order chi connectivity index (χ0) is 13.0. The molecule has 1 unspecified atom stereocenters. The fourth-order valence-corrected chi connectivity index (χ4v) is 3.08. The maximum absolute atomic E-state index is 11.0. The van der Waals surface area contributed by atoms with Crippen molar-refractivity contribution in [2.24, 2.45) is 0 Å². The van der Waals surface area contributed by atoms with Gasteiger partial charge >= 0.3 is 15.6 Å². The average Bonchev–Trinajstić information content (AvgIpc) is 1.93. The predicted octanol–water partition coefficient (Wildman–Crippen LogP) is 1.12. The maximum Gasteiger partial charge on any atom is 0.483 e. The van der Waals surface area contributed by atoms with Crippen LogP contribution in [0.3, 0.4) is 0 Å². The molecule has 0 aromatic carbocycles. The quantitative estimate of drug-likeness (QED) is 0.405. The van der Waals surface area contributed by atoms with Crippen LogP contribution in [0.4, 0.5) is 0 Å². The van der Waals surface area contributed by atoms with Crippen LogP contribution in [-0.4, -0.2) is 30.9 Å². The SMILES string of the molecule is O=P(O)(O)OP(=O)(O)OC(Cl)(Cl)CCCO. The number of phosphoric acid groups is 2. The molecule has 0 aromatic rings. The van der Waals surface area contributed by atoms with Crippen molar-refractivity contribution < 1.29 is 37.8 Å². The highest BCUT2D eigenvalue weighted by Crippen LogP contribution is 2.60. The molecule has 16 heavy (non-hydrogen) atoms. The molecule has 0 bridgehead atoms. The van der Waals surface area contributed by atoms with Crippen LogP contribution in [0.15, 0.2) is 0 Å². The zero-order valence-electron chi connectivity index (χ0n) is 7.69. The summed E-state index contributed by atoms with van der Waals surface area (Å²) in [6, 6.07) is 0. The van der Waals surface area contributed by atoms with Gasteiger partial charge < -0.3 is 19.8 Å². The number of aliphatic hydroxyl groups excluding tert-OH is 1. The molecule has 4 N–H and O–H groups in total. The molecule has 0 rings (SSSR count). The number of hydrogen-bond donors (Lipinski definition) is 4. The normalized spacial score (nSPS) is 17.1. The highest BCUT2D eigenvalue weighted by molar-refractivity contribution is 7.60. The van der Waals surface area contributed by atoms with E-state index in [0.717, 1.165) is 0 Å². The van der Waals surface area contributed by atoms with Crippen LogP contribution in [0.25, 0.3) is 0 Å². The van der Waals surface area contributed by atoms with Crippen molar-refractivity contribution in [3.8, 4) is 0 Å². The summed E-state index contributed by atoms with van der Waals surface area (Å²) < 4.78 is 26.7. The summed E-state index contributed by atoms with van der Waals surface area (Å²) in [4.78, 5) is 25.4. The van der Waals surface area contributed by atoms with Crippen LogP contribution in [0.1, 0.15) is 12.8 Å². The van der Waals surface area contributed by atoms with Crippen LogP contribution in [-0.2, 0) is 18.0 Å². The van der Waals surface area contributed by atoms with E-state index in [-0.39, 0.29) is 19.4 Å². The van der Waals surface area contributed by atoms with E-state index in [9.17, 15) is 9.13 Å². The van der Waals surface area contributed by atoms with Gasteiger partial charge in [0.15, 0.2) is 0 Å². The first kappa shape index (κ1) is 16.8. The molecule has 98 valence electrons. The number of hydrogen-bond acceptors (Lipinski definition) is 5. The second kappa shape index (κ2) is 6.11. The molecule has 0 aliphatic rings. The van der Waals surface area contributed by atoms with Gasteiger partial charge in [-0.05, 0) is 6.42 Å². The van der Waals surface area contributed by atoms with Crippen LogP contribution < -0.4 is 0 Å². The second-order valence-electron chi connectivity index (χ2n) is 2.60. The molecule has 8 nitrogen and oxygen atoms in total. The van der Waals surface area contributed by atoms with Gasteiger partial charge in [0.05, 0.1) is 0 Å². The Labute approximate surface area is 101 Å².